The Kier molecular flexibility index (Phi) is 7.98. The van der Waals surface area contributed by atoms with Crippen LogP contribution in [0.15, 0.2) is 36.8 Å². The van der Waals surface area contributed by atoms with Gasteiger partial charge < -0.3 is 26.1 Å². The average molecular weight is 419 g/mol. The molecule has 3 heterocycles. The number of nitrogens with two attached hydrogens (primary N) is 1. The zero-order valence-corrected chi connectivity index (χ0v) is 18.3. The van der Waals surface area contributed by atoms with E-state index < -0.39 is 6.04 Å². The molecule has 0 bridgehead atoms. The zero-order valence-electron chi connectivity index (χ0n) is 17.5. The highest BCUT2D eigenvalue weighted by atomic mass is 32.1. The van der Waals surface area contributed by atoms with Gasteiger partial charge in [-0.15, -0.1) is 0 Å². The first-order chi connectivity index (χ1) is 13.8. The van der Waals surface area contributed by atoms with E-state index in [0.717, 1.165) is 16.3 Å². The largest absolute Gasteiger partial charge is 0.469 e. The summed E-state index contributed by atoms with van der Waals surface area (Å²) in [5, 5.41) is 6.43. The Balaban J connectivity index is 0.00000145. The lowest BCUT2D eigenvalue weighted by Crippen LogP contribution is -2.37. The average Bonchev–Trinajstić information content (AvgIpc) is 3.43. The van der Waals surface area contributed by atoms with Crippen LogP contribution < -0.4 is 16.4 Å². The number of carbonyl (C=O) groups is 1. The van der Waals surface area contributed by atoms with Crippen molar-refractivity contribution >= 4 is 28.5 Å². The van der Waals surface area contributed by atoms with Gasteiger partial charge in [-0.05, 0) is 12.2 Å². The summed E-state index contributed by atoms with van der Waals surface area (Å²) < 4.78 is 5.85. The summed E-state index contributed by atoms with van der Waals surface area (Å²) in [4.78, 5) is 24.2. The second kappa shape index (κ2) is 10.2. The molecule has 1 amide bonds. The fraction of sp³-hybridized carbons (Fsp3) is 0.450. The third-order valence-corrected chi connectivity index (χ3v) is 4.77. The van der Waals surface area contributed by atoms with Gasteiger partial charge in [0.1, 0.15) is 5.76 Å². The van der Waals surface area contributed by atoms with Crippen molar-refractivity contribution in [2.24, 2.45) is 11.1 Å². The van der Waals surface area contributed by atoms with Gasteiger partial charge in [0.2, 0.25) is 5.91 Å². The molecule has 0 fully saturated rings. The molecule has 2 atom stereocenters. The molecule has 0 saturated carbocycles. The van der Waals surface area contributed by atoms with Crippen LogP contribution in [0.2, 0.25) is 0 Å². The van der Waals surface area contributed by atoms with Crippen LogP contribution in [-0.4, -0.2) is 33.1 Å². The number of nitrogens with zero attached hydrogens (tertiary/aromatic N) is 2. The summed E-state index contributed by atoms with van der Waals surface area (Å²) in [7, 11) is 0. The topological polar surface area (TPSA) is 118 Å². The number of aromatic nitrogens is 3. The molecule has 3 rings (SSSR count). The maximum absolute atomic E-state index is 12.2. The van der Waals surface area contributed by atoms with Crippen LogP contribution >= 0.6 is 11.3 Å². The molecule has 0 saturated heterocycles. The quantitative estimate of drug-likeness (QED) is 0.572. The number of hydrogen-bond acceptors (Lipinski definition) is 7. The molecule has 158 valence electrons. The first kappa shape index (κ1) is 22.6. The third-order valence-electron chi connectivity index (χ3n) is 3.89. The van der Waals surface area contributed by atoms with E-state index in [0.29, 0.717) is 11.6 Å². The monoisotopic (exact) mass is 418 g/mol. The number of H-pyrrole nitrogens is 1. The minimum Gasteiger partial charge on any atom is -0.469 e. The van der Waals surface area contributed by atoms with Crippen LogP contribution in [0.1, 0.15) is 45.2 Å². The number of allylic oxidation sites excluding steroid dienone is 1. The molecule has 1 aliphatic heterocycles. The van der Waals surface area contributed by atoms with E-state index in [-0.39, 0.29) is 17.6 Å². The van der Waals surface area contributed by atoms with E-state index in [9.17, 15) is 4.79 Å². The lowest BCUT2D eigenvalue weighted by molar-refractivity contribution is -0.117. The summed E-state index contributed by atoms with van der Waals surface area (Å²) in [5.41, 5.74) is 6.70. The van der Waals surface area contributed by atoms with Gasteiger partial charge in [-0.2, -0.15) is 0 Å². The molecule has 0 aliphatic carbocycles. The summed E-state index contributed by atoms with van der Waals surface area (Å²) >= 11 is 1.37. The Labute approximate surface area is 175 Å². The third kappa shape index (κ3) is 6.72. The second-order valence-electron chi connectivity index (χ2n) is 7.27. The van der Waals surface area contributed by atoms with Crippen molar-refractivity contribution in [3.8, 4) is 0 Å². The molecule has 2 unspecified atom stereocenters. The fourth-order valence-electron chi connectivity index (χ4n) is 2.38. The van der Waals surface area contributed by atoms with E-state index in [1.165, 1.54) is 11.3 Å². The van der Waals surface area contributed by atoms with Crippen molar-refractivity contribution in [2.75, 3.05) is 5.32 Å². The van der Waals surface area contributed by atoms with E-state index in [1.807, 2.05) is 32.2 Å². The summed E-state index contributed by atoms with van der Waals surface area (Å²) in [6.07, 6.45) is 10.8. The molecule has 29 heavy (non-hydrogen) atoms. The van der Waals surface area contributed by atoms with Crippen LogP contribution in [0.5, 0.6) is 0 Å². The van der Waals surface area contributed by atoms with Gasteiger partial charge in [-0.1, -0.05) is 46.0 Å². The molecule has 0 aromatic carbocycles. The van der Waals surface area contributed by atoms with Gasteiger partial charge in [0.15, 0.2) is 11.4 Å². The number of thiazole rings is 1. The highest BCUT2D eigenvalue weighted by molar-refractivity contribution is 7.16. The van der Waals surface area contributed by atoms with Crippen molar-refractivity contribution < 1.29 is 9.53 Å². The van der Waals surface area contributed by atoms with Crippen LogP contribution in [0, 0.1) is 5.41 Å². The van der Waals surface area contributed by atoms with Crippen molar-refractivity contribution in [3.63, 3.8) is 0 Å². The number of aromatic amines is 1. The molecular formula is C20H30N6O2S. The zero-order chi connectivity index (χ0) is 21.4. The fourth-order valence-corrected chi connectivity index (χ4v) is 3.11. The van der Waals surface area contributed by atoms with Gasteiger partial charge >= 0.3 is 0 Å². The number of hydrogen-bond donors (Lipinski definition) is 4. The lowest BCUT2D eigenvalue weighted by atomic mass is 9.95. The van der Waals surface area contributed by atoms with Crippen LogP contribution in [0.25, 0.3) is 6.08 Å². The predicted octanol–water partition coefficient (Wildman–Crippen LogP) is 3.25. The summed E-state index contributed by atoms with van der Waals surface area (Å²) in [6, 6.07) is -0.675. The van der Waals surface area contributed by atoms with Gasteiger partial charge in [0.25, 0.3) is 0 Å². The lowest BCUT2D eigenvalue weighted by Gasteiger charge is -2.20. The molecule has 8 nitrogen and oxygen atoms in total. The highest BCUT2D eigenvalue weighted by Crippen LogP contribution is 2.29. The minimum absolute atomic E-state index is 0.0352. The van der Waals surface area contributed by atoms with Gasteiger partial charge in [0, 0.05) is 41.0 Å². The first-order valence-electron chi connectivity index (χ1n) is 9.62. The minimum atomic E-state index is -0.675. The second-order valence-corrected chi connectivity index (χ2v) is 8.33. The number of anilines is 1. The van der Waals surface area contributed by atoms with Gasteiger partial charge in [-0.25, -0.2) is 9.97 Å². The molecule has 0 radical (unpaired) electrons. The number of carbonyl (C=O) groups excluding carboxylic acids is 1. The van der Waals surface area contributed by atoms with E-state index in [1.54, 1.807) is 18.7 Å². The molecular weight excluding hydrogens is 388 g/mol. The van der Waals surface area contributed by atoms with Crippen molar-refractivity contribution in [2.45, 2.75) is 53.3 Å². The number of nitrogens with one attached hydrogen (secondary N) is 3. The predicted molar refractivity (Wildman–Crippen MR) is 117 cm³/mol. The molecule has 1 aliphatic rings. The van der Waals surface area contributed by atoms with Crippen molar-refractivity contribution in [3.05, 3.63) is 47.3 Å². The van der Waals surface area contributed by atoms with E-state index in [4.69, 9.17) is 10.5 Å². The van der Waals surface area contributed by atoms with E-state index >= 15 is 0 Å². The van der Waals surface area contributed by atoms with Gasteiger partial charge in [-0.3, -0.25) is 4.79 Å². The summed E-state index contributed by atoms with van der Waals surface area (Å²) in [6.45, 7) is 10.3. The summed E-state index contributed by atoms with van der Waals surface area (Å²) in [5.74, 6) is 0.634. The van der Waals surface area contributed by atoms with Crippen molar-refractivity contribution in [1.82, 2.24) is 20.3 Å². The molecule has 9 heteroatoms. The number of amides is 1. The Hall–Kier alpha value is -2.65. The van der Waals surface area contributed by atoms with E-state index in [2.05, 4.69) is 46.4 Å². The molecule has 5 N–H and O–H groups in total. The standard InChI is InChI=1S/C18H24N6O2S.C2H6/c1-18(2,3)14-9-21-15(26-14)5-4-12-8-22-17(27-12)24-16(25)13(19)6-11-7-20-10-23-11;1-2/h4-5,7-10,13,15,21H,6,19H2,1-3H3,(H,20,23)(H,22,24,25);1-2H3/b5-4+;. The normalized spacial score (nSPS) is 17.0. The number of imidazole rings is 1. The molecule has 2 aromatic heterocycles. The van der Waals surface area contributed by atoms with Crippen LogP contribution in [-0.2, 0) is 16.0 Å². The number of rotatable bonds is 6. The van der Waals surface area contributed by atoms with Gasteiger partial charge in [0.05, 0.1) is 12.4 Å². The Bertz CT molecular complexity index is 836. The maximum atomic E-state index is 12.2. The smallest absolute Gasteiger partial charge is 0.243 e. The SMILES string of the molecule is CC.CC(C)(C)C1=CNC(/C=C/c2cnc(NC(=O)C(N)Cc3cnc[nH]3)s2)O1. The van der Waals surface area contributed by atoms with Crippen LogP contribution in [0.3, 0.4) is 0 Å². The van der Waals surface area contributed by atoms with Crippen molar-refractivity contribution in [1.29, 1.82) is 0 Å². The molecule has 2 aromatic rings. The Morgan fingerprint density at radius 2 is 2.17 bits per heavy atom. The first-order valence-corrected chi connectivity index (χ1v) is 10.4. The maximum Gasteiger partial charge on any atom is 0.243 e. The molecule has 0 spiro atoms. The Morgan fingerprint density at radius 3 is 2.79 bits per heavy atom. The van der Waals surface area contributed by atoms with Crippen LogP contribution in [0.4, 0.5) is 5.13 Å². The Morgan fingerprint density at radius 1 is 1.41 bits per heavy atom. The number of ether oxygens (including phenoxy) is 1. The highest BCUT2D eigenvalue weighted by Gasteiger charge is 2.25.